The molecule has 0 saturated heterocycles. The summed E-state index contributed by atoms with van der Waals surface area (Å²) >= 11 is 0. The molecule has 0 rings (SSSR count). The van der Waals surface area contributed by atoms with Gasteiger partial charge in [0.15, 0.2) is 6.10 Å². The zero-order valence-electron chi connectivity index (χ0n) is 32.6. The van der Waals surface area contributed by atoms with E-state index in [1.807, 2.05) is 0 Å². The minimum Gasteiger partial charge on any atom is -0.480 e. The Kier molecular flexibility index (Phi) is 34.2. The van der Waals surface area contributed by atoms with Crippen LogP contribution in [0.25, 0.3) is 0 Å². The topological polar surface area (TPSA) is 172 Å². The molecule has 0 aromatic heterocycles. The molecule has 0 aromatic rings. The van der Waals surface area contributed by atoms with Gasteiger partial charge in [-0.1, -0.05) is 126 Å². The number of phosphoric ester groups is 1. The molecule has 0 radical (unpaired) electrons. The van der Waals surface area contributed by atoms with Crippen molar-refractivity contribution in [2.24, 2.45) is 5.73 Å². The molecule has 0 fully saturated rings. The molecule has 4 N–H and O–H groups in total. The van der Waals surface area contributed by atoms with Crippen molar-refractivity contribution in [3.63, 3.8) is 0 Å². The summed E-state index contributed by atoms with van der Waals surface area (Å²) in [6, 6.07) is -1.53. The second-order valence-corrected chi connectivity index (χ2v) is 14.5. The lowest BCUT2D eigenvalue weighted by Gasteiger charge is -2.20. The van der Waals surface area contributed by atoms with Crippen molar-refractivity contribution in [3.8, 4) is 0 Å². The number of unbranched alkanes of at least 4 members (excludes halogenated alkanes) is 12. The molecule has 0 aliphatic carbocycles. The lowest BCUT2D eigenvalue weighted by Crippen LogP contribution is -2.34. The minimum absolute atomic E-state index is 0.138. The second-order valence-electron chi connectivity index (χ2n) is 13.0. The Hall–Kier alpha value is -2.82. The van der Waals surface area contributed by atoms with E-state index in [4.69, 9.17) is 24.8 Å². The Bertz CT molecular complexity index is 1130. The summed E-state index contributed by atoms with van der Waals surface area (Å²) in [5.74, 6) is -2.43. The van der Waals surface area contributed by atoms with Crippen LogP contribution >= 0.6 is 7.82 Å². The van der Waals surface area contributed by atoms with Crippen LogP contribution in [-0.4, -0.2) is 59.9 Å². The predicted octanol–water partition coefficient (Wildman–Crippen LogP) is 10.00. The number of aliphatic carboxylic acids is 1. The highest BCUT2D eigenvalue weighted by Crippen LogP contribution is 2.43. The standard InChI is InChI=1S/C41H70NO10P/c1-3-5-7-9-11-13-15-17-19-21-22-24-26-28-30-32-39(43)49-34-37(35-50-53(47,48)51-36-38(42)41(45)46)52-40(44)33-31-29-27-25-23-20-18-16-14-12-10-8-6-4-2/h5,7,10-13,16-19,37-38H,3-4,6,8-9,14-15,20-36,42H2,1-2H3,(H,45,46)(H,47,48)/b7-5+,12-10+,13-11+,18-16+,19-17+/t37-,38+/m1/s1. The van der Waals surface area contributed by atoms with E-state index < -0.39 is 51.1 Å². The maximum Gasteiger partial charge on any atom is 0.472 e. The van der Waals surface area contributed by atoms with E-state index in [1.54, 1.807) is 0 Å². The number of ether oxygens (including phenoxy) is 2. The van der Waals surface area contributed by atoms with Gasteiger partial charge in [-0.3, -0.25) is 23.4 Å². The first-order valence-electron chi connectivity index (χ1n) is 19.8. The number of rotatable bonds is 36. The van der Waals surface area contributed by atoms with Crippen molar-refractivity contribution in [2.75, 3.05) is 19.8 Å². The first-order valence-corrected chi connectivity index (χ1v) is 21.3. The number of carbonyl (C=O) groups is 3. The highest BCUT2D eigenvalue weighted by atomic mass is 31.2. The summed E-state index contributed by atoms with van der Waals surface area (Å²) in [4.78, 5) is 45.8. The molecule has 0 aliphatic heterocycles. The summed E-state index contributed by atoms with van der Waals surface area (Å²) in [5, 5.41) is 8.87. The first kappa shape index (κ1) is 50.2. The lowest BCUT2D eigenvalue weighted by atomic mass is 10.1. The number of carbonyl (C=O) groups excluding carboxylic acids is 2. The first-order chi connectivity index (χ1) is 25.6. The summed E-state index contributed by atoms with van der Waals surface area (Å²) in [6.07, 6.45) is 40.0. The maximum atomic E-state index is 12.6. The molecule has 3 atom stereocenters. The van der Waals surface area contributed by atoms with Gasteiger partial charge in [0.25, 0.3) is 0 Å². The number of nitrogens with two attached hydrogens (primary N) is 1. The largest absolute Gasteiger partial charge is 0.480 e. The zero-order valence-corrected chi connectivity index (χ0v) is 33.5. The SMILES string of the molecule is CC/C=C/C/C=C/C/C=C/CCCCCCCC(=O)OC[C@H](COP(=O)(O)OC[C@H](N)C(=O)O)OC(=O)CCCCCCC/C=C/C/C=C/CCCC. The molecule has 0 spiro atoms. The summed E-state index contributed by atoms with van der Waals surface area (Å²) < 4.78 is 32.6. The zero-order chi connectivity index (χ0) is 39.3. The molecule has 0 aliphatic rings. The normalized spacial score (nSPS) is 14.5. The van der Waals surface area contributed by atoms with Crippen LogP contribution in [0.3, 0.4) is 0 Å². The van der Waals surface area contributed by atoms with E-state index in [0.29, 0.717) is 12.8 Å². The summed E-state index contributed by atoms with van der Waals surface area (Å²) in [7, 11) is -4.72. The molecule has 0 bridgehead atoms. The van der Waals surface area contributed by atoms with Crippen LogP contribution in [0.2, 0.25) is 0 Å². The van der Waals surface area contributed by atoms with Gasteiger partial charge in [-0.2, -0.15) is 0 Å². The molecule has 304 valence electrons. The number of carboxylic acid groups (broad SMARTS) is 1. The monoisotopic (exact) mass is 767 g/mol. The van der Waals surface area contributed by atoms with Gasteiger partial charge in [0, 0.05) is 12.8 Å². The Morgan fingerprint density at radius 2 is 1.06 bits per heavy atom. The van der Waals surface area contributed by atoms with Crippen LogP contribution in [0.5, 0.6) is 0 Å². The Morgan fingerprint density at radius 3 is 1.58 bits per heavy atom. The van der Waals surface area contributed by atoms with Crippen molar-refractivity contribution >= 4 is 25.7 Å². The average Bonchev–Trinajstić information content (AvgIpc) is 3.13. The molecule has 1 unspecified atom stereocenters. The number of esters is 2. The van der Waals surface area contributed by atoms with Crippen molar-refractivity contribution in [3.05, 3.63) is 60.8 Å². The molecule has 53 heavy (non-hydrogen) atoms. The minimum atomic E-state index is -4.72. The molecule has 0 amide bonds. The van der Waals surface area contributed by atoms with Crippen LogP contribution in [0.1, 0.15) is 149 Å². The number of allylic oxidation sites excluding steroid dienone is 10. The summed E-state index contributed by atoms with van der Waals surface area (Å²) in [5.41, 5.74) is 5.32. The van der Waals surface area contributed by atoms with Crippen molar-refractivity contribution in [1.82, 2.24) is 0 Å². The number of hydrogen-bond acceptors (Lipinski definition) is 9. The van der Waals surface area contributed by atoms with E-state index in [9.17, 15) is 23.8 Å². The third-order valence-corrected chi connectivity index (χ3v) is 8.95. The maximum absolute atomic E-state index is 12.6. The van der Waals surface area contributed by atoms with Crippen LogP contribution < -0.4 is 5.73 Å². The Morgan fingerprint density at radius 1 is 0.604 bits per heavy atom. The number of hydrogen-bond donors (Lipinski definition) is 3. The van der Waals surface area contributed by atoms with E-state index in [1.165, 1.54) is 12.8 Å². The predicted molar refractivity (Wildman–Crippen MR) is 212 cm³/mol. The Labute approximate surface area is 319 Å². The van der Waals surface area contributed by atoms with E-state index >= 15 is 0 Å². The van der Waals surface area contributed by atoms with E-state index in [-0.39, 0.29) is 19.4 Å². The van der Waals surface area contributed by atoms with E-state index in [0.717, 1.165) is 96.3 Å². The van der Waals surface area contributed by atoms with Crippen LogP contribution in [-0.2, 0) is 37.5 Å². The number of phosphoric acid groups is 1. The molecule has 0 saturated carbocycles. The van der Waals surface area contributed by atoms with Crippen LogP contribution in [0.15, 0.2) is 60.8 Å². The van der Waals surface area contributed by atoms with Gasteiger partial charge in [-0.25, -0.2) is 4.57 Å². The fourth-order valence-electron chi connectivity index (χ4n) is 4.86. The van der Waals surface area contributed by atoms with Gasteiger partial charge in [-0.15, -0.1) is 0 Å². The molecular weight excluding hydrogens is 697 g/mol. The van der Waals surface area contributed by atoms with Crippen molar-refractivity contribution < 1.29 is 47.5 Å². The van der Waals surface area contributed by atoms with Gasteiger partial charge in [0.05, 0.1) is 13.2 Å². The Balaban J connectivity index is 4.48. The van der Waals surface area contributed by atoms with Crippen molar-refractivity contribution in [1.29, 1.82) is 0 Å². The lowest BCUT2D eigenvalue weighted by molar-refractivity contribution is -0.161. The third-order valence-electron chi connectivity index (χ3n) is 8.00. The second kappa shape index (κ2) is 36.2. The van der Waals surface area contributed by atoms with Gasteiger partial charge in [0.1, 0.15) is 12.6 Å². The fourth-order valence-corrected chi connectivity index (χ4v) is 5.64. The highest BCUT2D eigenvalue weighted by Gasteiger charge is 2.28. The van der Waals surface area contributed by atoms with Crippen LogP contribution in [0.4, 0.5) is 0 Å². The quantitative estimate of drug-likeness (QED) is 0.0240. The molecule has 12 heteroatoms. The molecule has 0 aromatic carbocycles. The van der Waals surface area contributed by atoms with Crippen LogP contribution in [0, 0.1) is 0 Å². The van der Waals surface area contributed by atoms with Gasteiger partial charge >= 0.3 is 25.7 Å². The molecular formula is C41H70NO10P. The van der Waals surface area contributed by atoms with Gasteiger partial charge in [-0.05, 0) is 70.6 Å². The van der Waals surface area contributed by atoms with Gasteiger partial charge in [0.2, 0.25) is 0 Å². The highest BCUT2D eigenvalue weighted by molar-refractivity contribution is 7.47. The van der Waals surface area contributed by atoms with E-state index in [2.05, 4.69) is 79.1 Å². The summed E-state index contributed by atoms with van der Waals surface area (Å²) in [6.45, 7) is 2.59. The fraction of sp³-hybridized carbons (Fsp3) is 0.683. The van der Waals surface area contributed by atoms with Crippen molar-refractivity contribution in [2.45, 2.75) is 161 Å². The van der Waals surface area contributed by atoms with Gasteiger partial charge < -0.3 is 25.2 Å². The number of carboxylic acids is 1. The smallest absolute Gasteiger partial charge is 0.472 e. The molecule has 11 nitrogen and oxygen atoms in total. The third kappa shape index (κ3) is 36.0. The average molecular weight is 768 g/mol. The molecule has 0 heterocycles.